The molecule has 4 rings (SSSR count). The number of anilines is 1. The minimum Gasteiger partial charge on any atom is -0.480 e. The maximum Gasteiger partial charge on any atom is 0.265 e. The predicted molar refractivity (Wildman–Crippen MR) is 125 cm³/mol. The summed E-state index contributed by atoms with van der Waals surface area (Å²) in [6, 6.07) is 32.1. The highest BCUT2D eigenvalue weighted by Gasteiger charge is 2.16. The van der Waals surface area contributed by atoms with Crippen molar-refractivity contribution in [3.63, 3.8) is 0 Å². The van der Waals surface area contributed by atoms with Crippen LogP contribution in [0.5, 0.6) is 5.75 Å². The normalized spacial score (nSPS) is 11.8. The van der Waals surface area contributed by atoms with Gasteiger partial charge in [0.25, 0.3) is 5.91 Å². The van der Waals surface area contributed by atoms with Crippen LogP contribution < -0.4 is 10.1 Å². The van der Waals surface area contributed by atoms with Gasteiger partial charge in [-0.3, -0.25) is 4.79 Å². The lowest BCUT2D eigenvalue weighted by molar-refractivity contribution is -0.122. The van der Waals surface area contributed by atoms with E-state index in [1.54, 1.807) is 18.7 Å². The summed E-state index contributed by atoms with van der Waals surface area (Å²) in [5, 5.41) is 5.03. The average molecular weight is 414 g/mol. The van der Waals surface area contributed by atoms with Crippen LogP contribution in [0.25, 0.3) is 10.8 Å². The van der Waals surface area contributed by atoms with E-state index < -0.39 is 6.10 Å². The highest BCUT2D eigenvalue weighted by atomic mass is 32.2. The molecule has 150 valence electrons. The average Bonchev–Trinajstić information content (AvgIpc) is 2.79. The summed E-state index contributed by atoms with van der Waals surface area (Å²) < 4.78 is 5.96. The van der Waals surface area contributed by atoms with Crippen LogP contribution in [0.4, 0.5) is 5.69 Å². The number of amides is 1. The zero-order chi connectivity index (χ0) is 20.8. The second-order valence-corrected chi connectivity index (χ2v) is 8.07. The van der Waals surface area contributed by atoms with Gasteiger partial charge in [0.05, 0.1) is 0 Å². The van der Waals surface area contributed by atoms with Crippen LogP contribution in [0.2, 0.25) is 0 Å². The fourth-order valence-electron chi connectivity index (χ4n) is 3.15. The molecule has 1 N–H and O–H groups in total. The molecular weight excluding hydrogens is 390 g/mol. The third-order valence-corrected chi connectivity index (χ3v) is 5.88. The Morgan fingerprint density at radius 1 is 0.867 bits per heavy atom. The maximum absolute atomic E-state index is 12.6. The van der Waals surface area contributed by atoms with Crippen LogP contribution in [0.3, 0.4) is 0 Å². The first kappa shape index (κ1) is 20.0. The number of thioether (sulfide) groups is 1. The quantitative estimate of drug-likeness (QED) is 0.350. The molecule has 1 atom stereocenters. The minimum atomic E-state index is -0.607. The van der Waals surface area contributed by atoms with Crippen LogP contribution in [-0.2, 0) is 10.5 Å². The van der Waals surface area contributed by atoms with Gasteiger partial charge in [-0.25, -0.2) is 0 Å². The third kappa shape index (κ3) is 5.02. The van der Waals surface area contributed by atoms with Gasteiger partial charge in [-0.2, -0.15) is 0 Å². The zero-order valence-corrected chi connectivity index (χ0v) is 17.6. The monoisotopic (exact) mass is 413 g/mol. The summed E-state index contributed by atoms with van der Waals surface area (Å²) in [7, 11) is 0. The van der Waals surface area contributed by atoms with Crippen molar-refractivity contribution in [2.24, 2.45) is 0 Å². The highest BCUT2D eigenvalue weighted by Crippen LogP contribution is 2.26. The number of fused-ring (bicyclic) bond motifs is 1. The van der Waals surface area contributed by atoms with E-state index in [0.29, 0.717) is 5.75 Å². The lowest BCUT2D eigenvalue weighted by Crippen LogP contribution is -2.30. The molecule has 0 saturated heterocycles. The summed E-state index contributed by atoms with van der Waals surface area (Å²) in [6.45, 7) is 1.77. The molecule has 4 aromatic rings. The molecule has 0 radical (unpaired) electrons. The Hall–Kier alpha value is -3.24. The smallest absolute Gasteiger partial charge is 0.265 e. The first-order chi connectivity index (χ1) is 14.7. The van der Waals surface area contributed by atoms with E-state index in [1.807, 2.05) is 84.9 Å². The predicted octanol–water partition coefficient (Wildman–Crippen LogP) is 6.54. The van der Waals surface area contributed by atoms with Crippen LogP contribution in [-0.4, -0.2) is 12.0 Å². The highest BCUT2D eigenvalue weighted by molar-refractivity contribution is 7.98. The van der Waals surface area contributed by atoms with Crippen molar-refractivity contribution >= 4 is 34.1 Å². The number of carbonyl (C=O) groups is 1. The molecule has 4 heteroatoms. The second-order valence-electron chi connectivity index (χ2n) is 7.03. The summed E-state index contributed by atoms with van der Waals surface area (Å²) in [5.74, 6) is 1.43. The van der Waals surface area contributed by atoms with Crippen LogP contribution in [0.1, 0.15) is 12.5 Å². The topological polar surface area (TPSA) is 38.3 Å². The lowest BCUT2D eigenvalue weighted by Gasteiger charge is -2.16. The van der Waals surface area contributed by atoms with Gasteiger partial charge in [0, 0.05) is 21.7 Å². The first-order valence-electron chi connectivity index (χ1n) is 9.91. The largest absolute Gasteiger partial charge is 0.480 e. The van der Waals surface area contributed by atoms with Crippen molar-refractivity contribution in [1.82, 2.24) is 0 Å². The van der Waals surface area contributed by atoms with E-state index in [9.17, 15) is 4.79 Å². The maximum atomic E-state index is 12.6. The molecule has 4 aromatic carbocycles. The van der Waals surface area contributed by atoms with Crippen molar-refractivity contribution in [3.05, 3.63) is 103 Å². The van der Waals surface area contributed by atoms with Crippen LogP contribution in [0.15, 0.2) is 102 Å². The van der Waals surface area contributed by atoms with Gasteiger partial charge in [-0.1, -0.05) is 66.7 Å². The number of nitrogens with one attached hydrogen (secondary N) is 1. The Balaban J connectivity index is 1.35. The Bertz CT molecular complexity index is 1120. The van der Waals surface area contributed by atoms with Gasteiger partial charge in [-0.05, 0) is 48.2 Å². The molecule has 0 spiro atoms. The summed E-state index contributed by atoms with van der Waals surface area (Å²) in [5.41, 5.74) is 1.98. The third-order valence-electron chi connectivity index (χ3n) is 4.79. The minimum absolute atomic E-state index is 0.172. The van der Waals surface area contributed by atoms with E-state index in [0.717, 1.165) is 22.2 Å². The van der Waals surface area contributed by atoms with Gasteiger partial charge in [0.15, 0.2) is 6.10 Å². The number of hydrogen-bond acceptors (Lipinski definition) is 3. The number of benzene rings is 4. The van der Waals surface area contributed by atoms with Crippen LogP contribution in [0, 0.1) is 0 Å². The Kier molecular flexibility index (Phi) is 6.35. The molecule has 0 aromatic heterocycles. The first-order valence-corrected chi connectivity index (χ1v) is 10.9. The van der Waals surface area contributed by atoms with Crippen molar-refractivity contribution in [3.8, 4) is 5.75 Å². The molecule has 0 aliphatic heterocycles. The van der Waals surface area contributed by atoms with Gasteiger partial charge >= 0.3 is 0 Å². The molecule has 0 bridgehead atoms. The molecular formula is C26H23NO2S. The standard InChI is InChI=1S/C26H23NO2S/c1-19(29-25-13-7-9-21-8-5-6-12-24(21)25)26(28)27-22-16-14-20(15-17-22)18-30-23-10-3-2-4-11-23/h2-17,19H,18H2,1H3,(H,27,28). The second kappa shape index (κ2) is 9.51. The summed E-state index contributed by atoms with van der Waals surface area (Å²) in [4.78, 5) is 13.9. The van der Waals surface area contributed by atoms with Gasteiger partial charge in [-0.15, -0.1) is 11.8 Å². The van der Waals surface area contributed by atoms with E-state index in [1.165, 1.54) is 10.5 Å². The molecule has 0 aliphatic carbocycles. The molecule has 0 heterocycles. The van der Waals surface area contributed by atoms with Crippen molar-refractivity contribution < 1.29 is 9.53 Å². The fourth-order valence-corrected chi connectivity index (χ4v) is 4.03. The fraction of sp³-hybridized carbons (Fsp3) is 0.115. The molecule has 0 fully saturated rings. The molecule has 1 unspecified atom stereocenters. The molecule has 0 saturated carbocycles. The number of hydrogen-bond donors (Lipinski definition) is 1. The zero-order valence-electron chi connectivity index (χ0n) is 16.7. The van der Waals surface area contributed by atoms with E-state index in [-0.39, 0.29) is 5.91 Å². The van der Waals surface area contributed by atoms with E-state index >= 15 is 0 Å². The van der Waals surface area contributed by atoms with E-state index in [4.69, 9.17) is 4.74 Å². The van der Waals surface area contributed by atoms with E-state index in [2.05, 4.69) is 17.4 Å². The molecule has 0 aliphatic rings. The van der Waals surface area contributed by atoms with Gasteiger partial charge < -0.3 is 10.1 Å². The summed E-state index contributed by atoms with van der Waals surface area (Å²) in [6.07, 6.45) is -0.607. The summed E-state index contributed by atoms with van der Waals surface area (Å²) >= 11 is 1.79. The molecule has 1 amide bonds. The van der Waals surface area contributed by atoms with Crippen molar-refractivity contribution in [2.45, 2.75) is 23.7 Å². The van der Waals surface area contributed by atoms with Crippen molar-refractivity contribution in [2.75, 3.05) is 5.32 Å². The molecule has 30 heavy (non-hydrogen) atoms. The van der Waals surface area contributed by atoms with Crippen molar-refractivity contribution in [1.29, 1.82) is 0 Å². The number of ether oxygens (including phenoxy) is 1. The Morgan fingerprint density at radius 3 is 2.37 bits per heavy atom. The van der Waals surface area contributed by atoms with Gasteiger partial charge in [0.1, 0.15) is 5.75 Å². The lowest BCUT2D eigenvalue weighted by atomic mass is 10.1. The molecule has 3 nitrogen and oxygen atoms in total. The van der Waals surface area contributed by atoms with Gasteiger partial charge in [0.2, 0.25) is 0 Å². The number of rotatable bonds is 7. The Morgan fingerprint density at radius 2 is 1.57 bits per heavy atom. The Labute approximate surface area is 181 Å². The van der Waals surface area contributed by atoms with Crippen LogP contribution >= 0.6 is 11.8 Å². The number of carbonyl (C=O) groups excluding carboxylic acids is 1. The SMILES string of the molecule is CC(Oc1cccc2ccccc12)C(=O)Nc1ccc(CSc2ccccc2)cc1.